The monoisotopic (exact) mass is 380 g/mol. The number of amides is 2. The lowest BCUT2D eigenvalue weighted by Gasteiger charge is -2.37. The molecule has 2 fully saturated rings. The number of carbonyl (C=O) groups excluding carboxylic acids is 2. The number of nitrogens with one attached hydrogen (secondary N) is 1. The van der Waals surface area contributed by atoms with Crippen LogP contribution in [0.3, 0.4) is 0 Å². The molecular formula is C21H21FN4O2+2. The predicted molar refractivity (Wildman–Crippen MR) is 102 cm³/mol. The van der Waals surface area contributed by atoms with Gasteiger partial charge in [-0.05, 0) is 12.1 Å². The second-order valence-corrected chi connectivity index (χ2v) is 7.28. The fraction of sp³-hybridized carbons (Fsp3) is 0.286. The number of benzene rings is 2. The summed E-state index contributed by atoms with van der Waals surface area (Å²) in [4.78, 5) is 27.3. The summed E-state index contributed by atoms with van der Waals surface area (Å²) in [6, 6.07) is 14.9. The summed E-state index contributed by atoms with van der Waals surface area (Å²) in [6.07, 6.45) is 2.49. The maximum Gasteiger partial charge on any atom is 0.314 e. The maximum absolute atomic E-state index is 14.1. The fourth-order valence-corrected chi connectivity index (χ4v) is 4.22. The number of hydrogen-bond donors (Lipinski definition) is 1. The van der Waals surface area contributed by atoms with Crippen molar-refractivity contribution in [2.75, 3.05) is 31.1 Å². The third kappa shape index (κ3) is 2.97. The van der Waals surface area contributed by atoms with Gasteiger partial charge < -0.3 is 4.90 Å². The summed E-state index contributed by atoms with van der Waals surface area (Å²) in [5.41, 5.74) is 0.953. The number of nitriles is 1. The van der Waals surface area contributed by atoms with Gasteiger partial charge >= 0.3 is 6.19 Å². The van der Waals surface area contributed by atoms with E-state index in [4.69, 9.17) is 0 Å². The minimum Gasteiger partial charge on any atom is -0.315 e. The zero-order chi connectivity index (χ0) is 19.7. The Labute approximate surface area is 162 Å². The number of imide groups is 1. The van der Waals surface area contributed by atoms with Crippen LogP contribution in [0.5, 0.6) is 0 Å². The van der Waals surface area contributed by atoms with Crippen molar-refractivity contribution in [3.63, 3.8) is 0 Å². The first kappa shape index (κ1) is 18.3. The van der Waals surface area contributed by atoms with Gasteiger partial charge in [0.05, 0.1) is 12.1 Å². The number of para-hydroxylation sites is 2. The first-order valence-electron chi connectivity index (χ1n) is 9.36. The van der Waals surface area contributed by atoms with Crippen LogP contribution < -0.4 is 14.3 Å². The summed E-state index contributed by atoms with van der Waals surface area (Å²) >= 11 is 0. The zero-order valence-corrected chi connectivity index (χ0v) is 15.3. The molecule has 2 saturated heterocycles. The van der Waals surface area contributed by atoms with Crippen molar-refractivity contribution < 1.29 is 18.9 Å². The van der Waals surface area contributed by atoms with Crippen molar-refractivity contribution in [3.8, 4) is 6.19 Å². The highest BCUT2D eigenvalue weighted by molar-refractivity contribution is 6.21. The Morgan fingerprint density at radius 1 is 1.04 bits per heavy atom. The van der Waals surface area contributed by atoms with Gasteiger partial charge in [-0.15, -0.1) is 5.26 Å². The second kappa shape index (κ2) is 7.15. The molecule has 1 N–H and O–H groups in total. The van der Waals surface area contributed by atoms with Crippen LogP contribution in [-0.4, -0.2) is 44.0 Å². The molecule has 142 valence electrons. The molecule has 4 rings (SSSR count). The lowest BCUT2D eigenvalue weighted by Crippen LogP contribution is -3.19. The molecule has 0 radical (unpaired) electrons. The van der Waals surface area contributed by atoms with E-state index in [0.717, 1.165) is 15.5 Å². The van der Waals surface area contributed by atoms with Crippen molar-refractivity contribution >= 4 is 23.2 Å². The molecule has 2 aromatic carbocycles. The van der Waals surface area contributed by atoms with E-state index < -0.39 is 11.9 Å². The molecule has 0 spiro atoms. The van der Waals surface area contributed by atoms with Gasteiger partial charge in [0.2, 0.25) is 5.91 Å². The van der Waals surface area contributed by atoms with Crippen molar-refractivity contribution in [2.45, 2.75) is 12.5 Å². The van der Waals surface area contributed by atoms with Gasteiger partial charge in [-0.1, -0.05) is 30.3 Å². The van der Waals surface area contributed by atoms with E-state index in [9.17, 15) is 19.2 Å². The van der Waals surface area contributed by atoms with Gasteiger partial charge in [0.15, 0.2) is 6.04 Å². The average molecular weight is 380 g/mol. The topological polar surface area (TPSA) is 65.6 Å². The van der Waals surface area contributed by atoms with Gasteiger partial charge in [-0.2, -0.15) is 4.48 Å². The molecule has 28 heavy (non-hydrogen) atoms. The van der Waals surface area contributed by atoms with Gasteiger partial charge in [0.1, 0.15) is 37.7 Å². The molecule has 2 heterocycles. The Balaban J connectivity index is 1.51. The normalized spacial score (nSPS) is 27.6. The molecule has 0 aromatic heterocycles. The van der Waals surface area contributed by atoms with Crippen LogP contribution in [0.15, 0.2) is 54.6 Å². The molecule has 2 aromatic rings. The van der Waals surface area contributed by atoms with E-state index >= 15 is 0 Å². The van der Waals surface area contributed by atoms with Crippen LogP contribution >= 0.6 is 0 Å². The molecule has 0 saturated carbocycles. The van der Waals surface area contributed by atoms with Crippen LogP contribution in [-0.2, 0) is 9.59 Å². The Bertz CT molecular complexity index is 948. The van der Waals surface area contributed by atoms with Crippen molar-refractivity contribution in [1.82, 2.24) is 4.48 Å². The Hall–Kier alpha value is -3.08. The largest absolute Gasteiger partial charge is 0.315 e. The highest BCUT2D eigenvalue weighted by Gasteiger charge is 2.49. The molecular weight excluding hydrogens is 359 g/mol. The zero-order valence-electron chi connectivity index (χ0n) is 15.3. The van der Waals surface area contributed by atoms with Crippen LogP contribution in [0, 0.1) is 17.3 Å². The second-order valence-electron chi connectivity index (χ2n) is 7.28. The molecule has 2 aliphatic rings. The third-order valence-electron chi connectivity index (χ3n) is 5.80. The predicted octanol–water partition coefficient (Wildman–Crippen LogP) is 0.845. The summed E-state index contributed by atoms with van der Waals surface area (Å²) in [5, 5.41) is 9.80. The molecule has 7 heteroatoms. The van der Waals surface area contributed by atoms with Crippen LogP contribution in [0.25, 0.3) is 0 Å². The first-order valence-corrected chi connectivity index (χ1v) is 9.36. The highest BCUT2D eigenvalue weighted by atomic mass is 19.1. The average Bonchev–Trinajstić information content (AvgIpc) is 3.03. The number of halogens is 1. The van der Waals surface area contributed by atoms with E-state index in [2.05, 4.69) is 6.19 Å². The van der Waals surface area contributed by atoms with E-state index in [1.165, 1.54) is 18.2 Å². The summed E-state index contributed by atoms with van der Waals surface area (Å²) in [5.74, 6) is -1.31. The number of nitrogens with zero attached hydrogens (tertiary/aromatic N) is 3. The van der Waals surface area contributed by atoms with Crippen molar-refractivity contribution in [3.05, 3.63) is 60.4 Å². The third-order valence-corrected chi connectivity index (χ3v) is 5.80. The lowest BCUT2D eigenvalue weighted by molar-refractivity contribution is -0.918. The summed E-state index contributed by atoms with van der Waals surface area (Å²) in [7, 11) is 0. The number of carbonyl (C=O) groups is 2. The van der Waals surface area contributed by atoms with Crippen molar-refractivity contribution in [2.24, 2.45) is 0 Å². The Kier molecular flexibility index (Phi) is 4.67. The molecule has 0 aliphatic carbocycles. The molecule has 0 bridgehead atoms. The maximum atomic E-state index is 14.1. The van der Waals surface area contributed by atoms with E-state index in [-0.39, 0.29) is 28.4 Å². The fourth-order valence-electron chi connectivity index (χ4n) is 4.22. The van der Waals surface area contributed by atoms with Gasteiger partial charge in [0, 0.05) is 12.1 Å². The van der Waals surface area contributed by atoms with E-state index in [1.54, 1.807) is 6.07 Å². The van der Waals surface area contributed by atoms with Gasteiger partial charge in [-0.25, -0.2) is 9.29 Å². The van der Waals surface area contributed by atoms with Gasteiger partial charge in [-0.3, -0.25) is 9.59 Å². The highest BCUT2D eigenvalue weighted by Crippen LogP contribution is 2.26. The number of quaternary nitrogens is 2. The summed E-state index contributed by atoms with van der Waals surface area (Å²) in [6.45, 7) is 2.32. The first-order chi connectivity index (χ1) is 13.6. The molecule has 2 amide bonds. The molecule has 0 unspecified atom stereocenters. The van der Waals surface area contributed by atoms with Crippen molar-refractivity contribution in [1.29, 1.82) is 5.26 Å². The smallest absolute Gasteiger partial charge is 0.314 e. The minimum absolute atomic E-state index is 0.0165. The molecule has 2 aliphatic heterocycles. The standard InChI is InChI=1S/C21H20FN4O2/c22-17-8-4-5-9-18(17)25-20(27)14-19(21(25)28)24-10-12-26(15-23,13-11-24)16-6-2-1-3-7-16/h1-9,19H,10-14H2/q+1/p+1/t19-/m1/s1. The summed E-state index contributed by atoms with van der Waals surface area (Å²) < 4.78 is 14.3. The number of anilines is 1. The lowest BCUT2D eigenvalue weighted by atomic mass is 10.1. The molecule has 1 atom stereocenters. The minimum atomic E-state index is -0.581. The SMILES string of the molecule is N#C[N+]1(c2ccccc2)CC[NH+]([C@@H]2CC(=O)N(c3ccccc3F)C2=O)CC1. The van der Waals surface area contributed by atoms with E-state index in [1.807, 2.05) is 30.3 Å². The van der Waals surface area contributed by atoms with Crippen LogP contribution in [0.4, 0.5) is 15.8 Å². The number of hydrogen-bond acceptors (Lipinski definition) is 3. The van der Waals surface area contributed by atoms with Crippen LogP contribution in [0.2, 0.25) is 0 Å². The molecule has 6 nitrogen and oxygen atoms in total. The number of piperazine rings is 1. The van der Waals surface area contributed by atoms with Crippen LogP contribution in [0.1, 0.15) is 6.42 Å². The quantitative estimate of drug-likeness (QED) is 0.488. The number of rotatable bonds is 3. The Morgan fingerprint density at radius 2 is 1.68 bits per heavy atom. The Morgan fingerprint density at radius 3 is 2.32 bits per heavy atom. The van der Waals surface area contributed by atoms with Gasteiger partial charge in [0.25, 0.3) is 5.91 Å². The van der Waals surface area contributed by atoms with E-state index in [0.29, 0.717) is 26.2 Å².